The number of ketones is 2. The summed E-state index contributed by atoms with van der Waals surface area (Å²) in [7, 11) is 0. The molecule has 222 valence electrons. The predicted molar refractivity (Wildman–Crippen MR) is 161 cm³/mol. The van der Waals surface area contributed by atoms with Crippen LogP contribution in [0.15, 0.2) is 66.7 Å². The van der Waals surface area contributed by atoms with E-state index < -0.39 is 11.7 Å². The molecule has 41 heavy (non-hydrogen) atoms. The molecule has 1 fully saturated rings. The Kier molecular flexibility index (Phi) is 13.0. The maximum absolute atomic E-state index is 12.5. The van der Waals surface area contributed by atoms with E-state index in [0.717, 1.165) is 50.5 Å². The van der Waals surface area contributed by atoms with Crippen molar-refractivity contribution in [3.63, 3.8) is 0 Å². The summed E-state index contributed by atoms with van der Waals surface area (Å²) in [4.78, 5) is 37.1. The van der Waals surface area contributed by atoms with Crippen LogP contribution in [-0.4, -0.2) is 39.5 Å². The normalized spacial score (nSPS) is 20.3. The molecule has 2 aromatic rings. The van der Waals surface area contributed by atoms with Gasteiger partial charge in [-0.15, -0.1) is 0 Å². The van der Waals surface area contributed by atoms with E-state index in [1.54, 1.807) is 24.3 Å². The Bertz CT molecular complexity index is 1140. The molecule has 0 aliphatic heterocycles. The lowest BCUT2D eigenvalue weighted by Gasteiger charge is -2.22. The third kappa shape index (κ3) is 11.0. The predicted octanol–water partition coefficient (Wildman–Crippen LogP) is 6.81. The zero-order valence-electron chi connectivity index (χ0n) is 24.6. The highest BCUT2D eigenvalue weighted by Crippen LogP contribution is 2.35. The third-order valence-corrected chi connectivity index (χ3v) is 7.98. The minimum absolute atomic E-state index is 0.0443. The first-order valence-electron chi connectivity index (χ1n) is 15.2. The first-order chi connectivity index (χ1) is 19.7. The summed E-state index contributed by atoms with van der Waals surface area (Å²) in [5.74, 6) is -0.0331. The second kappa shape index (κ2) is 16.4. The van der Waals surface area contributed by atoms with Crippen LogP contribution in [0.25, 0.3) is 0 Å². The maximum atomic E-state index is 12.5. The van der Waals surface area contributed by atoms with Crippen molar-refractivity contribution in [2.24, 2.45) is 11.8 Å². The Hall–Kier alpha value is -3.09. The van der Waals surface area contributed by atoms with E-state index in [1.807, 2.05) is 49.4 Å². The molecule has 0 amide bonds. The molecule has 1 aliphatic carbocycles. The van der Waals surface area contributed by atoms with E-state index in [4.69, 9.17) is 4.74 Å². The van der Waals surface area contributed by atoms with Crippen LogP contribution in [0.5, 0.6) is 5.75 Å². The van der Waals surface area contributed by atoms with Crippen LogP contribution in [0.3, 0.4) is 0 Å². The number of hydrogen-bond donors (Lipinski definition) is 2. The van der Waals surface area contributed by atoms with Crippen LogP contribution < -0.4 is 4.74 Å². The molecular weight excluding hydrogens is 516 g/mol. The first-order valence-corrected chi connectivity index (χ1v) is 15.2. The third-order valence-electron chi connectivity index (χ3n) is 7.98. The molecule has 1 unspecified atom stereocenters. The fraction of sp³-hybridized carbons (Fsp3) is 0.514. The fourth-order valence-corrected chi connectivity index (χ4v) is 5.49. The Labute approximate surface area is 244 Å². The average molecular weight is 563 g/mol. The van der Waals surface area contributed by atoms with Crippen LogP contribution >= 0.6 is 0 Å². The molecule has 6 nitrogen and oxygen atoms in total. The van der Waals surface area contributed by atoms with Crippen molar-refractivity contribution in [3.8, 4) is 5.75 Å². The Morgan fingerprint density at radius 3 is 2.41 bits per heavy atom. The summed E-state index contributed by atoms with van der Waals surface area (Å²) in [6.45, 7) is 3.94. The molecule has 0 heterocycles. The van der Waals surface area contributed by atoms with Crippen LogP contribution in [0.4, 0.5) is 0 Å². The fourth-order valence-electron chi connectivity index (χ4n) is 5.49. The number of Topliss-reactive ketones (excluding diaryl/α,β-unsaturated/α-hetero) is 2. The second-order valence-corrected chi connectivity index (χ2v) is 11.7. The number of carbonyl (C=O) groups excluding carboxylic acids is 3. The van der Waals surface area contributed by atoms with E-state index in [9.17, 15) is 24.6 Å². The van der Waals surface area contributed by atoms with Crippen molar-refractivity contribution >= 4 is 17.5 Å². The van der Waals surface area contributed by atoms with E-state index in [-0.39, 0.29) is 35.8 Å². The lowest BCUT2D eigenvalue weighted by molar-refractivity contribution is -0.134. The molecule has 4 atom stereocenters. The van der Waals surface area contributed by atoms with E-state index in [0.29, 0.717) is 37.0 Å². The standard InChI is InChI=1S/C35H46O6/c1-3-4-22-35(2,40)23-12-16-30-29(32(37)25-33(30)38)15-10-5-6-11-17-34(39)41-28-20-18-26(19-21-28)24-31(36)27-13-8-7-9-14-27/h7-9,12-14,16,18-21,29-30,33,38,40H,3-6,10-11,15,17,22-25H2,1-2H3/b16-12+/t29-,30-,33-,35?/m1/s1. The van der Waals surface area contributed by atoms with Gasteiger partial charge in [0.1, 0.15) is 11.5 Å². The summed E-state index contributed by atoms with van der Waals surface area (Å²) in [5, 5.41) is 20.9. The smallest absolute Gasteiger partial charge is 0.311 e. The van der Waals surface area contributed by atoms with Gasteiger partial charge in [-0.05, 0) is 50.3 Å². The van der Waals surface area contributed by atoms with Crippen molar-refractivity contribution in [2.75, 3.05) is 0 Å². The molecule has 3 rings (SSSR count). The Morgan fingerprint density at radius 1 is 1.00 bits per heavy atom. The van der Waals surface area contributed by atoms with Crippen molar-refractivity contribution < 1.29 is 29.3 Å². The van der Waals surface area contributed by atoms with Crippen LogP contribution in [0.2, 0.25) is 0 Å². The molecule has 0 saturated heterocycles. The number of aliphatic hydroxyl groups is 2. The Balaban J connectivity index is 1.33. The molecule has 1 saturated carbocycles. The highest BCUT2D eigenvalue weighted by Gasteiger charge is 2.39. The van der Waals surface area contributed by atoms with E-state index in [2.05, 4.69) is 6.92 Å². The molecule has 0 spiro atoms. The summed E-state index contributed by atoms with van der Waals surface area (Å²) < 4.78 is 5.45. The van der Waals surface area contributed by atoms with Gasteiger partial charge in [-0.3, -0.25) is 14.4 Å². The van der Waals surface area contributed by atoms with Crippen LogP contribution in [0, 0.1) is 11.8 Å². The number of unbranched alkanes of at least 4 members (excludes halogenated alkanes) is 4. The number of rotatable bonds is 17. The minimum Gasteiger partial charge on any atom is -0.427 e. The molecule has 1 aliphatic rings. The van der Waals surface area contributed by atoms with Gasteiger partial charge in [-0.2, -0.15) is 0 Å². The summed E-state index contributed by atoms with van der Waals surface area (Å²) in [6.07, 6.45) is 11.3. The molecule has 2 N–H and O–H groups in total. The number of carbonyl (C=O) groups is 3. The second-order valence-electron chi connectivity index (χ2n) is 11.7. The number of esters is 1. The van der Waals surface area contributed by atoms with Crippen LogP contribution in [-0.2, 0) is 16.0 Å². The summed E-state index contributed by atoms with van der Waals surface area (Å²) in [6, 6.07) is 16.2. The number of benzene rings is 2. The van der Waals surface area contributed by atoms with Gasteiger partial charge in [0.2, 0.25) is 0 Å². The van der Waals surface area contributed by atoms with Crippen molar-refractivity contribution in [1.29, 1.82) is 0 Å². The van der Waals surface area contributed by atoms with Crippen molar-refractivity contribution in [3.05, 3.63) is 77.9 Å². The average Bonchev–Trinajstić information content (AvgIpc) is 3.22. The number of hydrogen-bond acceptors (Lipinski definition) is 6. The summed E-state index contributed by atoms with van der Waals surface area (Å²) >= 11 is 0. The van der Waals surface area contributed by atoms with Gasteiger partial charge in [-0.25, -0.2) is 0 Å². The summed E-state index contributed by atoms with van der Waals surface area (Å²) in [5.41, 5.74) is 0.780. The van der Waals surface area contributed by atoms with Gasteiger partial charge in [0.15, 0.2) is 5.78 Å². The lowest BCUT2D eigenvalue weighted by Crippen LogP contribution is -2.23. The van der Waals surface area contributed by atoms with E-state index in [1.165, 1.54) is 0 Å². The first kappa shape index (κ1) is 32.4. The van der Waals surface area contributed by atoms with Crippen molar-refractivity contribution in [1.82, 2.24) is 0 Å². The van der Waals surface area contributed by atoms with E-state index >= 15 is 0 Å². The molecule has 2 aromatic carbocycles. The van der Waals surface area contributed by atoms with Crippen molar-refractivity contribution in [2.45, 2.75) is 103 Å². The van der Waals surface area contributed by atoms with Gasteiger partial charge in [-0.1, -0.05) is 93.6 Å². The minimum atomic E-state index is -0.761. The molecule has 0 bridgehead atoms. The molecule has 0 aromatic heterocycles. The SMILES string of the molecule is CCCCC(C)(O)C/C=C/[C@H]1[C@H](O)CC(=O)[C@@H]1CCCCCCC(=O)Oc1ccc(CC(=O)c2ccccc2)cc1. The van der Waals surface area contributed by atoms with Gasteiger partial charge >= 0.3 is 5.97 Å². The monoisotopic (exact) mass is 562 g/mol. The number of ether oxygens (including phenoxy) is 1. The molecule has 0 radical (unpaired) electrons. The molecule has 6 heteroatoms. The van der Waals surface area contributed by atoms with Gasteiger partial charge < -0.3 is 14.9 Å². The number of aliphatic hydroxyl groups excluding tert-OH is 1. The zero-order valence-corrected chi connectivity index (χ0v) is 24.6. The quantitative estimate of drug-likeness (QED) is 0.0722. The zero-order chi connectivity index (χ0) is 29.7. The van der Waals surface area contributed by atoms with Gasteiger partial charge in [0.25, 0.3) is 0 Å². The molecular formula is C35H46O6. The highest BCUT2D eigenvalue weighted by atomic mass is 16.5. The Morgan fingerprint density at radius 2 is 1.71 bits per heavy atom. The largest absolute Gasteiger partial charge is 0.427 e. The van der Waals surface area contributed by atoms with Gasteiger partial charge in [0, 0.05) is 36.7 Å². The maximum Gasteiger partial charge on any atom is 0.311 e. The van der Waals surface area contributed by atoms with Gasteiger partial charge in [0.05, 0.1) is 11.7 Å². The van der Waals surface area contributed by atoms with Crippen LogP contribution in [0.1, 0.15) is 100 Å². The highest BCUT2D eigenvalue weighted by molar-refractivity contribution is 5.97. The topological polar surface area (TPSA) is 101 Å². The lowest BCUT2D eigenvalue weighted by atomic mass is 9.87.